The summed E-state index contributed by atoms with van der Waals surface area (Å²) in [6, 6.07) is 1.17. The predicted molar refractivity (Wildman–Crippen MR) is 37.8 cm³/mol. The smallest absolute Gasteiger partial charge is 0.444 e. The maximum atomic E-state index is 11.9. The van der Waals surface area contributed by atoms with Crippen molar-refractivity contribution in [2.45, 2.75) is 6.92 Å². The molecule has 56 valence electrons. The van der Waals surface area contributed by atoms with Gasteiger partial charge in [-0.15, -0.1) is 0 Å². The molecule has 1 aromatic heterocycles. The Balaban J connectivity index is 2.96. The summed E-state index contributed by atoms with van der Waals surface area (Å²) in [7, 11) is 0. The summed E-state index contributed by atoms with van der Waals surface area (Å²) in [4.78, 5) is 0. The minimum absolute atomic E-state index is 0.461. The van der Waals surface area contributed by atoms with Gasteiger partial charge >= 0.3 is 6.98 Å². The quantitative estimate of drug-likeness (QED) is 0.559. The van der Waals surface area contributed by atoms with Crippen molar-refractivity contribution >= 4 is 23.1 Å². The average Bonchev–Trinajstić information content (AvgIpc) is 2.11. The zero-order valence-corrected chi connectivity index (χ0v) is 6.09. The Kier molecular flexibility index (Phi) is 1.77. The first-order valence-corrected chi connectivity index (χ1v) is 3.63. The Bertz CT molecular complexity index is 227. The van der Waals surface area contributed by atoms with Gasteiger partial charge in [0.15, 0.2) is 0 Å². The second-order valence-corrected chi connectivity index (χ2v) is 3.04. The molecule has 0 bridgehead atoms. The standard InChI is InChI=1S/C5H5BF3S/c1-4-2-5(10-3-4)6(7,8)9/h2-3H,1H3/q-1. The minimum atomic E-state index is -4.76. The normalized spacial score (nSPS) is 12.0. The molecule has 0 radical (unpaired) electrons. The zero-order chi connectivity index (χ0) is 7.78. The summed E-state index contributed by atoms with van der Waals surface area (Å²) >= 11 is 0.759. The fourth-order valence-electron chi connectivity index (χ4n) is 0.625. The molecule has 0 saturated heterocycles. The number of hydrogen-bond acceptors (Lipinski definition) is 1. The highest BCUT2D eigenvalue weighted by Gasteiger charge is 2.26. The van der Waals surface area contributed by atoms with E-state index in [1.807, 2.05) is 0 Å². The van der Waals surface area contributed by atoms with E-state index in [9.17, 15) is 12.9 Å². The lowest BCUT2D eigenvalue weighted by Gasteiger charge is -2.09. The van der Waals surface area contributed by atoms with Crippen LogP contribution in [-0.2, 0) is 0 Å². The van der Waals surface area contributed by atoms with Crippen LogP contribution >= 0.6 is 11.3 Å². The van der Waals surface area contributed by atoms with Gasteiger partial charge in [-0.3, -0.25) is 0 Å². The second-order valence-electron chi connectivity index (χ2n) is 2.10. The number of halogens is 3. The Morgan fingerprint density at radius 3 is 2.20 bits per heavy atom. The Morgan fingerprint density at radius 2 is 2.00 bits per heavy atom. The van der Waals surface area contributed by atoms with Crippen molar-refractivity contribution in [2.75, 3.05) is 0 Å². The van der Waals surface area contributed by atoms with E-state index in [4.69, 9.17) is 0 Å². The molecule has 0 aliphatic rings. The van der Waals surface area contributed by atoms with Crippen LogP contribution in [0.4, 0.5) is 12.9 Å². The van der Waals surface area contributed by atoms with Gasteiger partial charge in [-0.05, 0) is 17.9 Å². The van der Waals surface area contributed by atoms with Crippen LogP contribution in [0, 0.1) is 6.92 Å². The van der Waals surface area contributed by atoms with E-state index in [1.54, 1.807) is 6.92 Å². The zero-order valence-electron chi connectivity index (χ0n) is 5.27. The Hall–Kier alpha value is -0.445. The molecule has 0 aliphatic heterocycles. The molecule has 0 aliphatic carbocycles. The number of hydrogen-bond donors (Lipinski definition) is 0. The van der Waals surface area contributed by atoms with Crippen LogP contribution in [0.1, 0.15) is 5.56 Å². The summed E-state index contributed by atoms with van der Waals surface area (Å²) in [6.45, 7) is -3.11. The van der Waals surface area contributed by atoms with E-state index in [0.29, 0.717) is 5.56 Å². The van der Waals surface area contributed by atoms with Crippen LogP contribution in [0.25, 0.3) is 0 Å². The summed E-state index contributed by atoms with van der Waals surface area (Å²) < 4.78 is 35.2. The lowest BCUT2D eigenvalue weighted by Crippen LogP contribution is -2.30. The van der Waals surface area contributed by atoms with Gasteiger partial charge in [0.1, 0.15) is 0 Å². The van der Waals surface area contributed by atoms with Gasteiger partial charge in [-0.25, -0.2) is 0 Å². The summed E-state index contributed by atoms with van der Waals surface area (Å²) in [5.74, 6) is 0. The molecule has 10 heavy (non-hydrogen) atoms. The molecular formula is C5H5BF3S-. The monoisotopic (exact) mass is 165 g/mol. The Morgan fingerprint density at radius 1 is 1.40 bits per heavy atom. The first kappa shape index (κ1) is 7.66. The molecule has 0 unspecified atom stereocenters. The van der Waals surface area contributed by atoms with Crippen molar-refractivity contribution in [3.05, 3.63) is 17.0 Å². The van der Waals surface area contributed by atoms with Crippen molar-refractivity contribution < 1.29 is 12.9 Å². The van der Waals surface area contributed by atoms with E-state index >= 15 is 0 Å². The summed E-state index contributed by atoms with van der Waals surface area (Å²) in [6.07, 6.45) is 0. The first-order valence-electron chi connectivity index (χ1n) is 2.75. The van der Waals surface area contributed by atoms with Crippen LogP contribution in [0.3, 0.4) is 0 Å². The SMILES string of the molecule is Cc1csc([B-](F)(F)F)c1. The van der Waals surface area contributed by atoms with E-state index in [0.717, 1.165) is 11.3 Å². The average molecular weight is 165 g/mol. The lowest BCUT2D eigenvalue weighted by atomic mass is 9.89. The van der Waals surface area contributed by atoms with Crippen LogP contribution < -0.4 is 4.78 Å². The second kappa shape index (κ2) is 2.30. The molecule has 1 heterocycles. The molecule has 0 atom stereocenters. The van der Waals surface area contributed by atoms with Crippen molar-refractivity contribution in [1.29, 1.82) is 0 Å². The molecule has 0 N–H and O–H groups in total. The highest BCUT2D eigenvalue weighted by molar-refractivity contribution is 7.22. The van der Waals surface area contributed by atoms with Crippen molar-refractivity contribution in [3.8, 4) is 0 Å². The number of aryl methyl sites for hydroxylation is 1. The summed E-state index contributed by atoms with van der Waals surface area (Å²) in [5, 5.41) is 1.50. The van der Waals surface area contributed by atoms with Gasteiger partial charge in [-0.1, -0.05) is 10.8 Å². The largest absolute Gasteiger partial charge is 0.519 e. The Labute approximate surface area is 60.7 Å². The topological polar surface area (TPSA) is 0 Å². The molecule has 0 fully saturated rings. The molecule has 1 aromatic rings. The molecule has 0 spiro atoms. The van der Waals surface area contributed by atoms with Crippen LogP contribution in [0.5, 0.6) is 0 Å². The van der Waals surface area contributed by atoms with Gasteiger partial charge in [-0.2, -0.15) is 11.3 Å². The van der Waals surface area contributed by atoms with Crippen LogP contribution in [0.15, 0.2) is 11.4 Å². The predicted octanol–water partition coefficient (Wildman–Crippen LogP) is 2.11. The number of thiophene rings is 1. The van der Waals surface area contributed by atoms with Crippen LogP contribution in [0.2, 0.25) is 0 Å². The fourth-order valence-corrected chi connectivity index (χ4v) is 1.42. The minimum Gasteiger partial charge on any atom is -0.444 e. The molecule has 0 amide bonds. The van der Waals surface area contributed by atoms with E-state index in [2.05, 4.69) is 0 Å². The van der Waals surface area contributed by atoms with Crippen LogP contribution in [-0.4, -0.2) is 6.98 Å². The van der Waals surface area contributed by atoms with Gasteiger partial charge in [0.2, 0.25) is 0 Å². The van der Waals surface area contributed by atoms with E-state index < -0.39 is 11.8 Å². The maximum absolute atomic E-state index is 11.9. The highest BCUT2D eigenvalue weighted by Crippen LogP contribution is 2.14. The number of rotatable bonds is 1. The van der Waals surface area contributed by atoms with E-state index in [-0.39, 0.29) is 0 Å². The third-order valence-electron chi connectivity index (χ3n) is 1.07. The van der Waals surface area contributed by atoms with Gasteiger partial charge < -0.3 is 12.9 Å². The van der Waals surface area contributed by atoms with Gasteiger partial charge in [0, 0.05) is 0 Å². The third kappa shape index (κ3) is 1.53. The molecule has 5 heteroatoms. The van der Waals surface area contributed by atoms with Gasteiger partial charge in [0.25, 0.3) is 0 Å². The first-order chi connectivity index (χ1) is 4.50. The van der Waals surface area contributed by atoms with Crippen molar-refractivity contribution in [1.82, 2.24) is 0 Å². The lowest BCUT2D eigenvalue weighted by molar-refractivity contribution is 0.503. The molecule has 1 rings (SSSR count). The maximum Gasteiger partial charge on any atom is 0.519 e. The third-order valence-corrected chi connectivity index (χ3v) is 2.22. The molecule has 0 aromatic carbocycles. The molecule has 0 nitrogen and oxygen atoms in total. The van der Waals surface area contributed by atoms with Crippen molar-refractivity contribution in [2.24, 2.45) is 0 Å². The van der Waals surface area contributed by atoms with E-state index in [1.165, 1.54) is 11.4 Å². The summed E-state index contributed by atoms with van der Waals surface area (Å²) in [5.41, 5.74) is 0.680. The molecule has 0 saturated carbocycles. The molecular weight excluding hydrogens is 160 g/mol. The van der Waals surface area contributed by atoms with Crippen molar-refractivity contribution in [3.63, 3.8) is 0 Å². The highest BCUT2D eigenvalue weighted by atomic mass is 32.1. The van der Waals surface area contributed by atoms with Gasteiger partial charge in [0.05, 0.1) is 0 Å². The fraction of sp³-hybridized carbons (Fsp3) is 0.200.